The second-order valence-electron chi connectivity index (χ2n) is 5.35. The molecule has 0 aliphatic carbocycles. The highest BCUT2D eigenvalue weighted by Crippen LogP contribution is 2.19. The number of carbonyl (C=O) groups excluding carboxylic acids is 1. The van der Waals surface area contributed by atoms with Gasteiger partial charge in [0.05, 0.1) is 6.10 Å². The monoisotopic (exact) mass is 298 g/mol. The van der Waals surface area contributed by atoms with E-state index < -0.39 is 0 Å². The molecular weight excluding hydrogens is 280 g/mol. The minimum Gasteiger partial charge on any atom is -0.508 e. The average molecular weight is 298 g/mol. The number of aromatic hydroxyl groups is 1. The fourth-order valence-electron chi connectivity index (χ4n) is 2.45. The molecule has 2 aromatic carbocycles. The van der Waals surface area contributed by atoms with Gasteiger partial charge in [-0.05, 0) is 61.4 Å². The van der Waals surface area contributed by atoms with Crippen molar-refractivity contribution < 1.29 is 19.4 Å². The van der Waals surface area contributed by atoms with E-state index in [0.29, 0.717) is 17.7 Å². The molecule has 0 spiro atoms. The Labute approximate surface area is 129 Å². The summed E-state index contributed by atoms with van der Waals surface area (Å²) in [6, 6.07) is 13.3. The Bertz CT molecular complexity index is 625. The molecule has 3 rings (SSSR count). The van der Waals surface area contributed by atoms with Gasteiger partial charge < -0.3 is 14.6 Å². The highest BCUT2D eigenvalue weighted by Gasteiger charge is 2.16. The number of rotatable bonds is 5. The van der Waals surface area contributed by atoms with Crippen LogP contribution in [0.4, 0.5) is 0 Å². The Balaban J connectivity index is 1.62. The number of ether oxygens (including phenoxy) is 2. The van der Waals surface area contributed by atoms with Gasteiger partial charge in [-0.15, -0.1) is 0 Å². The first-order valence-electron chi connectivity index (χ1n) is 7.40. The quantitative estimate of drug-likeness (QED) is 0.861. The van der Waals surface area contributed by atoms with Crippen molar-refractivity contribution in [3.63, 3.8) is 0 Å². The maximum absolute atomic E-state index is 12.3. The zero-order valence-corrected chi connectivity index (χ0v) is 12.2. The van der Waals surface area contributed by atoms with E-state index in [1.165, 1.54) is 12.1 Å². The second kappa shape index (κ2) is 6.62. The molecule has 114 valence electrons. The number of hydrogen-bond acceptors (Lipinski definition) is 4. The van der Waals surface area contributed by atoms with E-state index in [2.05, 4.69) is 0 Å². The molecule has 4 nitrogen and oxygen atoms in total. The Hall–Kier alpha value is -2.33. The van der Waals surface area contributed by atoms with E-state index in [1.54, 1.807) is 36.4 Å². The van der Waals surface area contributed by atoms with E-state index >= 15 is 0 Å². The van der Waals surface area contributed by atoms with Crippen molar-refractivity contribution in [2.75, 3.05) is 13.2 Å². The van der Waals surface area contributed by atoms with Gasteiger partial charge >= 0.3 is 0 Å². The number of phenols is 1. The predicted molar refractivity (Wildman–Crippen MR) is 82.5 cm³/mol. The van der Waals surface area contributed by atoms with Crippen LogP contribution in [-0.4, -0.2) is 30.2 Å². The van der Waals surface area contributed by atoms with Crippen LogP contribution in [0.3, 0.4) is 0 Å². The zero-order valence-electron chi connectivity index (χ0n) is 12.2. The number of carbonyl (C=O) groups is 1. The lowest BCUT2D eigenvalue weighted by Crippen LogP contribution is -2.16. The minimum absolute atomic E-state index is 0.0781. The topological polar surface area (TPSA) is 55.8 Å². The van der Waals surface area contributed by atoms with E-state index in [-0.39, 0.29) is 17.6 Å². The van der Waals surface area contributed by atoms with Crippen molar-refractivity contribution in [1.29, 1.82) is 0 Å². The molecule has 2 aromatic rings. The highest BCUT2D eigenvalue weighted by atomic mass is 16.5. The highest BCUT2D eigenvalue weighted by molar-refractivity contribution is 6.09. The summed E-state index contributed by atoms with van der Waals surface area (Å²) >= 11 is 0. The number of ketones is 1. The van der Waals surface area contributed by atoms with Crippen LogP contribution in [0.2, 0.25) is 0 Å². The van der Waals surface area contributed by atoms with Crippen LogP contribution in [0.25, 0.3) is 0 Å². The van der Waals surface area contributed by atoms with Gasteiger partial charge in [-0.3, -0.25) is 4.79 Å². The van der Waals surface area contributed by atoms with Gasteiger partial charge in [0.25, 0.3) is 0 Å². The maximum atomic E-state index is 12.3. The van der Waals surface area contributed by atoms with Gasteiger partial charge in [0, 0.05) is 17.7 Å². The Morgan fingerprint density at radius 3 is 2.32 bits per heavy atom. The molecular formula is C18H18O4. The number of phenolic OH excluding ortho intramolecular Hbond substituents is 1. The first kappa shape index (κ1) is 14.6. The third-order valence-electron chi connectivity index (χ3n) is 3.71. The predicted octanol–water partition coefficient (Wildman–Crippen LogP) is 3.18. The smallest absolute Gasteiger partial charge is 0.193 e. The Morgan fingerprint density at radius 2 is 1.73 bits per heavy atom. The average Bonchev–Trinajstić information content (AvgIpc) is 3.07. The van der Waals surface area contributed by atoms with E-state index in [4.69, 9.17) is 9.47 Å². The molecule has 1 aliphatic heterocycles. The molecule has 1 fully saturated rings. The summed E-state index contributed by atoms with van der Waals surface area (Å²) in [5.41, 5.74) is 1.14. The van der Waals surface area contributed by atoms with E-state index in [1.807, 2.05) is 0 Å². The molecule has 1 unspecified atom stereocenters. The molecule has 0 amide bonds. The van der Waals surface area contributed by atoms with Crippen molar-refractivity contribution in [3.05, 3.63) is 59.7 Å². The summed E-state index contributed by atoms with van der Waals surface area (Å²) in [6.07, 6.45) is 2.31. The van der Waals surface area contributed by atoms with Crippen LogP contribution in [0.5, 0.6) is 11.5 Å². The fourth-order valence-corrected chi connectivity index (χ4v) is 2.45. The molecule has 22 heavy (non-hydrogen) atoms. The Kier molecular flexibility index (Phi) is 4.39. The van der Waals surface area contributed by atoms with Crippen LogP contribution in [-0.2, 0) is 4.74 Å². The number of benzene rings is 2. The fraction of sp³-hybridized carbons (Fsp3) is 0.278. The van der Waals surface area contributed by atoms with Crippen molar-refractivity contribution in [2.45, 2.75) is 18.9 Å². The minimum atomic E-state index is -0.0781. The summed E-state index contributed by atoms with van der Waals surface area (Å²) in [7, 11) is 0. The van der Waals surface area contributed by atoms with E-state index in [9.17, 15) is 9.90 Å². The van der Waals surface area contributed by atoms with Crippen LogP contribution in [0, 0.1) is 0 Å². The summed E-state index contributed by atoms with van der Waals surface area (Å²) in [4.78, 5) is 12.3. The molecule has 4 heteroatoms. The zero-order chi connectivity index (χ0) is 15.4. The molecule has 1 aliphatic rings. The largest absolute Gasteiger partial charge is 0.508 e. The van der Waals surface area contributed by atoms with Crippen molar-refractivity contribution in [1.82, 2.24) is 0 Å². The van der Waals surface area contributed by atoms with Gasteiger partial charge in [0.1, 0.15) is 18.1 Å². The first-order valence-corrected chi connectivity index (χ1v) is 7.40. The van der Waals surface area contributed by atoms with Crippen molar-refractivity contribution >= 4 is 5.78 Å². The molecule has 0 saturated carbocycles. The van der Waals surface area contributed by atoms with Crippen LogP contribution < -0.4 is 4.74 Å². The maximum Gasteiger partial charge on any atom is 0.193 e. The lowest BCUT2D eigenvalue weighted by molar-refractivity contribution is 0.0679. The van der Waals surface area contributed by atoms with E-state index in [0.717, 1.165) is 25.2 Å². The number of hydrogen-bond donors (Lipinski definition) is 1. The molecule has 1 atom stereocenters. The summed E-state index contributed by atoms with van der Waals surface area (Å²) in [5, 5.41) is 9.26. The lowest BCUT2D eigenvalue weighted by Gasteiger charge is -2.11. The van der Waals surface area contributed by atoms with Crippen LogP contribution >= 0.6 is 0 Å². The van der Waals surface area contributed by atoms with Crippen molar-refractivity contribution in [3.8, 4) is 11.5 Å². The molecule has 1 saturated heterocycles. The summed E-state index contributed by atoms with van der Waals surface area (Å²) in [5.74, 6) is 0.804. The van der Waals surface area contributed by atoms with Gasteiger partial charge in [-0.25, -0.2) is 0 Å². The second-order valence-corrected chi connectivity index (χ2v) is 5.35. The first-order chi connectivity index (χ1) is 10.7. The Morgan fingerprint density at radius 1 is 1.09 bits per heavy atom. The van der Waals surface area contributed by atoms with Crippen molar-refractivity contribution in [2.24, 2.45) is 0 Å². The standard InChI is InChI=1S/C18H18O4/c19-15-7-3-13(4-8-15)18(20)14-5-9-16(10-6-14)22-12-17-2-1-11-21-17/h3-10,17,19H,1-2,11-12H2. The normalized spacial score (nSPS) is 17.4. The molecule has 1 heterocycles. The van der Waals surface area contributed by atoms with Gasteiger partial charge in [-0.1, -0.05) is 0 Å². The summed E-state index contributed by atoms with van der Waals surface area (Å²) < 4.78 is 11.2. The third-order valence-corrected chi connectivity index (χ3v) is 3.71. The molecule has 0 aromatic heterocycles. The van der Waals surface area contributed by atoms with Gasteiger partial charge in [0.2, 0.25) is 0 Å². The SMILES string of the molecule is O=C(c1ccc(O)cc1)c1ccc(OCC2CCCO2)cc1. The van der Waals surface area contributed by atoms with Crippen LogP contribution in [0.1, 0.15) is 28.8 Å². The lowest BCUT2D eigenvalue weighted by atomic mass is 10.0. The van der Waals surface area contributed by atoms with Crippen LogP contribution in [0.15, 0.2) is 48.5 Å². The van der Waals surface area contributed by atoms with Gasteiger partial charge in [-0.2, -0.15) is 0 Å². The summed E-state index contributed by atoms with van der Waals surface area (Å²) in [6.45, 7) is 1.36. The molecule has 0 bridgehead atoms. The molecule has 0 radical (unpaired) electrons. The van der Waals surface area contributed by atoms with Gasteiger partial charge in [0.15, 0.2) is 5.78 Å². The molecule has 1 N–H and O–H groups in total. The third kappa shape index (κ3) is 3.46.